The van der Waals surface area contributed by atoms with Crippen LogP contribution in [0.25, 0.3) is 12.7 Å². The van der Waals surface area contributed by atoms with Crippen molar-refractivity contribution in [1.82, 2.24) is 0 Å². The lowest BCUT2D eigenvalue weighted by Crippen LogP contribution is -2.22. The average Bonchev–Trinajstić information content (AvgIpc) is 2.03. The van der Waals surface area contributed by atoms with Crippen molar-refractivity contribution in [2.75, 3.05) is 7.05 Å². The quantitative estimate of drug-likeness (QED) is 0.540. The molecule has 0 aliphatic heterocycles. The summed E-state index contributed by atoms with van der Waals surface area (Å²) >= 11 is 0. The molecule has 0 saturated heterocycles. The fourth-order valence-electron chi connectivity index (χ4n) is 1.05. The standard InChI is InChI=1S/C11H13N/c1-9-4-5-11(6-7-12-3)10(2)8-9/h4-8H,2H2,1,3H3/b11-6-,12-7-. The topological polar surface area (TPSA) is 12.4 Å². The van der Waals surface area contributed by atoms with Crippen LogP contribution in [0.15, 0.2) is 23.2 Å². The maximum Gasteiger partial charge on any atom is 0.0277 e. The van der Waals surface area contributed by atoms with E-state index in [4.69, 9.17) is 0 Å². The van der Waals surface area contributed by atoms with E-state index in [1.54, 1.807) is 13.3 Å². The summed E-state index contributed by atoms with van der Waals surface area (Å²) in [5, 5.41) is 2.18. The van der Waals surface area contributed by atoms with Crippen molar-refractivity contribution in [3.63, 3.8) is 0 Å². The smallest absolute Gasteiger partial charge is 0.0277 e. The first-order valence-electron chi connectivity index (χ1n) is 3.92. The first-order chi connectivity index (χ1) is 5.74. The highest BCUT2D eigenvalue weighted by Crippen LogP contribution is 1.84. The molecule has 0 N–H and O–H groups in total. The number of nitrogens with zero attached hydrogens (tertiary/aromatic N) is 1. The van der Waals surface area contributed by atoms with Crippen molar-refractivity contribution in [1.29, 1.82) is 0 Å². The van der Waals surface area contributed by atoms with E-state index in [0.717, 1.165) is 10.4 Å². The Morgan fingerprint density at radius 1 is 1.42 bits per heavy atom. The van der Waals surface area contributed by atoms with Gasteiger partial charge in [-0.3, -0.25) is 4.99 Å². The van der Waals surface area contributed by atoms with Gasteiger partial charge in [-0.15, -0.1) is 0 Å². The average molecular weight is 159 g/mol. The lowest BCUT2D eigenvalue weighted by atomic mass is 10.2. The van der Waals surface area contributed by atoms with Crippen molar-refractivity contribution in [3.8, 4) is 0 Å². The van der Waals surface area contributed by atoms with Gasteiger partial charge in [-0.2, -0.15) is 0 Å². The van der Waals surface area contributed by atoms with Gasteiger partial charge in [0.1, 0.15) is 0 Å². The van der Waals surface area contributed by atoms with E-state index >= 15 is 0 Å². The summed E-state index contributed by atoms with van der Waals surface area (Å²) in [5.74, 6) is 0. The molecule has 0 aromatic heterocycles. The molecule has 0 radical (unpaired) electrons. The van der Waals surface area contributed by atoms with E-state index in [1.165, 1.54) is 5.56 Å². The number of hydrogen-bond acceptors (Lipinski definition) is 1. The van der Waals surface area contributed by atoms with Crippen molar-refractivity contribution in [2.24, 2.45) is 4.99 Å². The van der Waals surface area contributed by atoms with Crippen LogP contribution in [0.2, 0.25) is 0 Å². The Morgan fingerprint density at radius 2 is 2.17 bits per heavy atom. The molecule has 1 aromatic carbocycles. The van der Waals surface area contributed by atoms with Crippen LogP contribution in [-0.4, -0.2) is 13.3 Å². The van der Waals surface area contributed by atoms with E-state index in [1.807, 2.05) is 6.08 Å². The molecule has 62 valence electrons. The van der Waals surface area contributed by atoms with Crippen LogP contribution in [-0.2, 0) is 0 Å². The Bertz CT molecular complexity index is 388. The summed E-state index contributed by atoms with van der Waals surface area (Å²) in [4.78, 5) is 3.89. The van der Waals surface area contributed by atoms with E-state index in [-0.39, 0.29) is 0 Å². The molecule has 0 unspecified atom stereocenters. The minimum Gasteiger partial charge on any atom is -0.296 e. The third kappa shape index (κ3) is 2.06. The second-order valence-corrected chi connectivity index (χ2v) is 2.78. The van der Waals surface area contributed by atoms with Crippen LogP contribution in [0.5, 0.6) is 0 Å². The van der Waals surface area contributed by atoms with Crippen LogP contribution >= 0.6 is 0 Å². The molecule has 0 amide bonds. The van der Waals surface area contributed by atoms with Crippen LogP contribution in [0.1, 0.15) is 5.56 Å². The van der Waals surface area contributed by atoms with Gasteiger partial charge in [0, 0.05) is 13.3 Å². The Labute approximate surface area is 72.8 Å². The summed E-state index contributed by atoms with van der Waals surface area (Å²) < 4.78 is 0. The van der Waals surface area contributed by atoms with Gasteiger partial charge in [-0.1, -0.05) is 30.3 Å². The van der Waals surface area contributed by atoms with Crippen LogP contribution < -0.4 is 10.4 Å². The van der Waals surface area contributed by atoms with E-state index in [2.05, 4.69) is 36.7 Å². The molecule has 1 nitrogen and oxygen atoms in total. The summed E-state index contributed by atoms with van der Waals surface area (Å²) in [7, 11) is 1.76. The van der Waals surface area contributed by atoms with Crippen LogP contribution in [0, 0.1) is 6.92 Å². The highest BCUT2D eigenvalue weighted by Gasteiger charge is 1.82. The predicted molar refractivity (Wildman–Crippen MR) is 54.8 cm³/mol. The molecule has 0 fully saturated rings. The maximum atomic E-state index is 3.94. The predicted octanol–water partition coefficient (Wildman–Crippen LogP) is 0.886. The minimum atomic E-state index is 1.05. The number of aryl methyl sites for hydroxylation is 1. The number of aliphatic imine (C=N–C) groups is 1. The second kappa shape index (κ2) is 3.86. The van der Waals surface area contributed by atoms with E-state index < -0.39 is 0 Å². The van der Waals surface area contributed by atoms with E-state index in [9.17, 15) is 0 Å². The van der Waals surface area contributed by atoms with Gasteiger partial charge in [0.2, 0.25) is 0 Å². The molecule has 0 saturated carbocycles. The van der Waals surface area contributed by atoms with Crippen molar-refractivity contribution < 1.29 is 0 Å². The zero-order chi connectivity index (χ0) is 8.97. The molecule has 1 aromatic rings. The molecular weight excluding hydrogens is 146 g/mol. The number of rotatable bonds is 1. The fourth-order valence-corrected chi connectivity index (χ4v) is 1.05. The highest BCUT2D eigenvalue weighted by molar-refractivity contribution is 5.90. The fraction of sp³-hybridized carbons (Fsp3) is 0.182. The van der Waals surface area contributed by atoms with Gasteiger partial charge in [-0.05, 0) is 23.4 Å². The maximum absolute atomic E-state index is 3.94. The SMILES string of the molecule is C=c1cc(C)cc/c1=C/C=N\C. The lowest BCUT2D eigenvalue weighted by molar-refractivity contribution is 1.41. The Balaban J connectivity index is 3.28. The van der Waals surface area contributed by atoms with Crippen LogP contribution in [0.4, 0.5) is 0 Å². The zero-order valence-electron chi connectivity index (χ0n) is 7.54. The largest absolute Gasteiger partial charge is 0.296 e. The zero-order valence-corrected chi connectivity index (χ0v) is 7.54. The lowest BCUT2D eigenvalue weighted by Gasteiger charge is -1.90. The Morgan fingerprint density at radius 3 is 2.75 bits per heavy atom. The van der Waals surface area contributed by atoms with Crippen molar-refractivity contribution >= 4 is 18.9 Å². The summed E-state index contributed by atoms with van der Waals surface area (Å²) in [6.07, 6.45) is 3.74. The van der Waals surface area contributed by atoms with Gasteiger partial charge in [0.25, 0.3) is 0 Å². The van der Waals surface area contributed by atoms with Crippen molar-refractivity contribution in [3.05, 3.63) is 34.2 Å². The third-order valence-electron chi connectivity index (χ3n) is 1.70. The van der Waals surface area contributed by atoms with Gasteiger partial charge in [0.05, 0.1) is 0 Å². The van der Waals surface area contributed by atoms with Gasteiger partial charge >= 0.3 is 0 Å². The Hall–Kier alpha value is -1.37. The van der Waals surface area contributed by atoms with E-state index in [0.29, 0.717) is 0 Å². The molecule has 0 heterocycles. The molecule has 0 spiro atoms. The van der Waals surface area contributed by atoms with Gasteiger partial charge in [-0.25, -0.2) is 0 Å². The van der Waals surface area contributed by atoms with Gasteiger partial charge in [0.15, 0.2) is 0 Å². The second-order valence-electron chi connectivity index (χ2n) is 2.78. The van der Waals surface area contributed by atoms with Crippen molar-refractivity contribution in [2.45, 2.75) is 6.92 Å². The summed E-state index contributed by atoms with van der Waals surface area (Å²) in [5.41, 5.74) is 1.24. The minimum absolute atomic E-state index is 1.05. The first kappa shape index (κ1) is 8.72. The first-order valence-corrected chi connectivity index (χ1v) is 3.92. The number of benzene rings is 1. The molecule has 0 aliphatic carbocycles. The molecule has 0 atom stereocenters. The molecular formula is C11H13N. The normalized spacial score (nSPS) is 12.7. The molecule has 1 heteroatoms. The summed E-state index contributed by atoms with van der Waals surface area (Å²) in [6, 6.07) is 6.19. The van der Waals surface area contributed by atoms with Gasteiger partial charge < -0.3 is 0 Å². The highest BCUT2D eigenvalue weighted by atomic mass is 14.6. The monoisotopic (exact) mass is 159 g/mol. The molecule has 0 aliphatic rings. The Kier molecular flexibility index (Phi) is 2.81. The third-order valence-corrected chi connectivity index (χ3v) is 1.70. The molecule has 0 bridgehead atoms. The summed E-state index contributed by atoms with van der Waals surface area (Å²) in [6.45, 7) is 6.00. The molecule has 1 rings (SSSR count). The number of hydrogen-bond donors (Lipinski definition) is 0. The molecule has 12 heavy (non-hydrogen) atoms. The van der Waals surface area contributed by atoms with Crippen LogP contribution in [0.3, 0.4) is 0 Å².